The van der Waals surface area contributed by atoms with E-state index in [1.165, 1.54) is 64.3 Å². The van der Waals surface area contributed by atoms with Crippen molar-refractivity contribution in [3.05, 3.63) is 69.8 Å². The van der Waals surface area contributed by atoms with Crippen molar-refractivity contribution in [2.45, 2.75) is 67.2 Å². The van der Waals surface area contributed by atoms with Gasteiger partial charge in [-0.15, -0.1) is 40.6 Å². The van der Waals surface area contributed by atoms with Gasteiger partial charge in [-0.3, -0.25) is 0 Å². The molecule has 0 saturated carbocycles. The van der Waals surface area contributed by atoms with Gasteiger partial charge in [0.25, 0.3) is 0 Å². The Morgan fingerprint density at radius 2 is 1.56 bits per heavy atom. The Morgan fingerprint density at radius 1 is 0.963 bits per heavy atom. The Morgan fingerprint density at radius 3 is 2.04 bits per heavy atom. The van der Waals surface area contributed by atoms with Crippen LogP contribution in [0.15, 0.2) is 36.4 Å². The van der Waals surface area contributed by atoms with Crippen molar-refractivity contribution < 1.29 is 20.8 Å². The zero-order chi connectivity index (χ0) is 20.4. The molecule has 0 spiro atoms. The number of benzene rings is 1. The summed E-state index contributed by atoms with van der Waals surface area (Å²) in [6.07, 6.45) is 4.93. The first kappa shape index (κ1) is 24.7. The standard InChI is InChI=1S/C12H13.C12H19.2ClH.Zr/c1-2-5-10-8-11-6-3-4-7-12(11)9-10;1-6-7-12-10(4)8(2)9(3)11(12)5;;;/h3-4,6-9H,2,5H2,1H3;6-7H2,1-5H3;2*1H;/q2*-1;;;+4/p-2. The topological polar surface area (TPSA) is 0 Å². The summed E-state index contributed by atoms with van der Waals surface area (Å²) in [4.78, 5) is 0. The molecule has 3 aromatic carbocycles. The van der Waals surface area contributed by atoms with Gasteiger partial charge in [0, 0.05) is 0 Å². The molecule has 0 amide bonds. The van der Waals surface area contributed by atoms with Crippen LogP contribution in [-0.4, -0.2) is 0 Å². The second-order valence-corrected chi connectivity index (χ2v) is 10.8. The maximum absolute atomic E-state index is 4.93. The third kappa shape index (κ3) is 7.19. The summed E-state index contributed by atoms with van der Waals surface area (Å²) >= 11 is -0.826. The molecule has 3 aromatic rings. The third-order valence-electron chi connectivity index (χ3n) is 5.31. The van der Waals surface area contributed by atoms with Crippen molar-refractivity contribution in [3.8, 4) is 0 Å². The van der Waals surface area contributed by atoms with E-state index in [1.807, 2.05) is 0 Å². The van der Waals surface area contributed by atoms with E-state index in [2.05, 4.69) is 77.9 Å². The van der Waals surface area contributed by atoms with Gasteiger partial charge in [-0.05, 0) is 6.42 Å². The summed E-state index contributed by atoms with van der Waals surface area (Å²) in [6.45, 7) is 13.4. The second-order valence-electron chi connectivity index (χ2n) is 7.04. The van der Waals surface area contributed by atoms with Crippen LogP contribution in [0.5, 0.6) is 0 Å². The zero-order valence-corrected chi connectivity index (χ0v) is 21.5. The van der Waals surface area contributed by atoms with E-state index >= 15 is 0 Å². The van der Waals surface area contributed by atoms with Crippen molar-refractivity contribution in [1.29, 1.82) is 0 Å². The Bertz CT molecular complexity index is 753. The summed E-state index contributed by atoms with van der Waals surface area (Å²) < 4.78 is 0. The monoisotopic (exact) mass is 480 g/mol. The molecule has 0 atom stereocenters. The summed E-state index contributed by atoms with van der Waals surface area (Å²) in [5.74, 6) is 0. The Hall–Kier alpha value is -0.357. The van der Waals surface area contributed by atoms with Gasteiger partial charge >= 0.3 is 37.9 Å². The summed E-state index contributed by atoms with van der Waals surface area (Å²) in [7, 11) is 9.87. The van der Waals surface area contributed by atoms with Crippen LogP contribution in [0, 0.1) is 27.7 Å². The molecule has 3 heteroatoms. The molecule has 0 fully saturated rings. The summed E-state index contributed by atoms with van der Waals surface area (Å²) in [6, 6.07) is 13.1. The van der Waals surface area contributed by atoms with Crippen LogP contribution in [-0.2, 0) is 33.7 Å². The number of rotatable bonds is 4. The van der Waals surface area contributed by atoms with Crippen LogP contribution >= 0.6 is 17.0 Å². The summed E-state index contributed by atoms with van der Waals surface area (Å²) in [5.41, 5.74) is 9.09. The molecule has 3 rings (SSSR count). The van der Waals surface area contributed by atoms with E-state index in [-0.39, 0.29) is 0 Å². The second kappa shape index (κ2) is 13.0. The molecule has 0 aliphatic heterocycles. The third-order valence-corrected chi connectivity index (χ3v) is 5.31. The molecular weight excluding hydrogens is 450 g/mol. The van der Waals surface area contributed by atoms with Crippen molar-refractivity contribution >= 4 is 27.8 Å². The number of halogens is 2. The van der Waals surface area contributed by atoms with E-state index in [0.717, 1.165) is 0 Å². The molecule has 27 heavy (non-hydrogen) atoms. The van der Waals surface area contributed by atoms with Crippen LogP contribution in [0.4, 0.5) is 0 Å². The molecule has 0 radical (unpaired) electrons. The number of aryl methyl sites for hydroxylation is 1. The predicted octanol–water partition coefficient (Wildman–Crippen LogP) is 8.48. The van der Waals surface area contributed by atoms with Gasteiger partial charge in [-0.2, -0.15) is 33.9 Å². The molecule has 0 aliphatic carbocycles. The van der Waals surface area contributed by atoms with E-state index in [1.54, 1.807) is 5.56 Å². The van der Waals surface area contributed by atoms with Crippen molar-refractivity contribution in [2.24, 2.45) is 0 Å². The van der Waals surface area contributed by atoms with Gasteiger partial charge in [0.15, 0.2) is 0 Å². The van der Waals surface area contributed by atoms with Crippen LogP contribution < -0.4 is 0 Å². The quantitative estimate of drug-likeness (QED) is 0.327. The summed E-state index contributed by atoms with van der Waals surface area (Å²) in [5, 5.41) is 2.75. The molecule has 146 valence electrons. The molecule has 0 aliphatic rings. The Balaban J connectivity index is 0.000000236. The minimum absolute atomic E-state index is 0.826. The van der Waals surface area contributed by atoms with Gasteiger partial charge in [-0.1, -0.05) is 66.9 Å². The SMILES string of the molecule is CCCc1c(C)c(C)c(C)[c-]1C.CCCc1cc2ccccc2[cH-]1.[Cl][Zr+2][Cl]. The van der Waals surface area contributed by atoms with Crippen LogP contribution in [0.1, 0.15) is 60.1 Å². The van der Waals surface area contributed by atoms with Gasteiger partial charge in [0.05, 0.1) is 0 Å². The molecule has 0 nitrogen and oxygen atoms in total. The van der Waals surface area contributed by atoms with E-state index in [9.17, 15) is 0 Å². The van der Waals surface area contributed by atoms with Gasteiger partial charge in [0.1, 0.15) is 0 Å². The molecule has 0 unspecified atom stereocenters. The fraction of sp³-hybridized carbons (Fsp3) is 0.417. The molecule has 0 bridgehead atoms. The normalized spacial score (nSPS) is 9.93. The van der Waals surface area contributed by atoms with E-state index in [0.29, 0.717) is 0 Å². The zero-order valence-electron chi connectivity index (χ0n) is 17.5. The number of fused-ring (bicyclic) bond motifs is 1. The van der Waals surface area contributed by atoms with Crippen molar-refractivity contribution in [2.75, 3.05) is 0 Å². The molecule has 0 saturated heterocycles. The van der Waals surface area contributed by atoms with E-state index in [4.69, 9.17) is 17.0 Å². The number of hydrogen-bond donors (Lipinski definition) is 0. The van der Waals surface area contributed by atoms with Crippen molar-refractivity contribution in [1.82, 2.24) is 0 Å². The predicted molar refractivity (Wildman–Crippen MR) is 120 cm³/mol. The van der Waals surface area contributed by atoms with Crippen LogP contribution in [0.2, 0.25) is 0 Å². The molecule has 0 heterocycles. The maximum atomic E-state index is 4.93. The molecule has 0 N–H and O–H groups in total. The van der Waals surface area contributed by atoms with Gasteiger partial charge in [0.2, 0.25) is 0 Å². The van der Waals surface area contributed by atoms with Gasteiger partial charge in [-0.25, -0.2) is 0 Å². The van der Waals surface area contributed by atoms with Crippen LogP contribution in [0.3, 0.4) is 0 Å². The van der Waals surface area contributed by atoms with Crippen molar-refractivity contribution in [3.63, 3.8) is 0 Å². The Kier molecular flexibility index (Phi) is 11.9. The van der Waals surface area contributed by atoms with Crippen LogP contribution in [0.25, 0.3) is 10.8 Å². The number of hydrogen-bond acceptors (Lipinski definition) is 0. The first-order valence-electron chi connectivity index (χ1n) is 9.73. The molecule has 0 aromatic heterocycles. The molecular formula is C24H32Cl2Zr. The minimum atomic E-state index is -0.826. The first-order valence-corrected chi connectivity index (χ1v) is 16.1. The average molecular weight is 483 g/mol. The first-order chi connectivity index (χ1) is 12.9. The average Bonchev–Trinajstić information content (AvgIpc) is 3.14. The van der Waals surface area contributed by atoms with E-state index < -0.39 is 20.8 Å². The fourth-order valence-electron chi connectivity index (χ4n) is 3.57. The fourth-order valence-corrected chi connectivity index (χ4v) is 3.57. The van der Waals surface area contributed by atoms with Gasteiger partial charge < -0.3 is 0 Å². The Labute approximate surface area is 184 Å².